The van der Waals surface area contributed by atoms with E-state index in [1.807, 2.05) is 6.07 Å². The Kier molecular flexibility index (Phi) is 4.64. The van der Waals surface area contributed by atoms with Crippen LogP contribution in [0.3, 0.4) is 0 Å². The number of carbonyl (C=O) groups is 1. The number of fused-ring (bicyclic) bond motifs is 1. The fourth-order valence-corrected chi connectivity index (χ4v) is 5.68. The molecule has 4 nitrogen and oxygen atoms in total. The highest BCUT2D eigenvalue weighted by Crippen LogP contribution is 2.38. The minimum Gasteiger partial charge on any atom is -0.381 e. The Labute approximate surface area is 145 Å². The van der Waals surface area contributed by atoms with E-state index in [0.29, 0.717) is 11.9 Å². The van der Waals surface area contributed by atoms with Gasteiger partial charge in [-0.25, -0.2) is 4.99 Å². The topological polar surface area (TPSA) is 41.9 Å². The third-order valence-corrected chi connectivity index (χ3v) is 7.07. The molecule has 2 saturated heterocycles. The predicted molar refractivity (Wildman–Crippen MR) is 96.4 cm³/mol. The number of thioether (sulfide) groups is 2. The Morgan fingerprint density at radius 2 is 2.04 bits per heavy atom. The number of benzene rings is 1. The molecule has 0 saturated carbocycles. The fourth-order valence-electron chi connectivity index (χ4n) is 3.34. The Bertz CT molecular complexity index is 629. The average Bonchev–Trinajstić information content (AvgIpc) is 2.96. The molecular weight excluding hydrogens is 328 g/mol. The minimum absolute atomic E-state index is 0.0364. The highest BCUT2D eigenvalue weighted by atomic mass is 32.2. The number of ether oxygens (including phenoxy) is 1. The fraction of sp³-hybridized carbons (Fsp3) is 0.529. The maximum Gasteiger partial charge on any atom is 0.236 e. The van der Waals surface area contributed by atoms with E-state index in [-0.39, 0.29) is 5.25 Å². The number of aliphatic imine (C=N–C) groups is 1. The van der Waals surface area contributed by atoms with E-state index in [4.69, 9.17) is 9.73 Å². The van der Waals surface area contributed by atoms with Gasteiger partial charge in [-0.3, -0.25) is 4.79 Å². The van der Waals surface area contributed by atoms with Gasteiger partial charge in [0.05, 0.1) is 10.9 Å². The van der Waals surface area contributed by atoms with E-state index in [0.717, 1.165) is 54.8 Å². The number of nitrogens with zero attached hydrogens (tertiary/aromatic N) is 2. The van der Waals surface area contributed by atoms with E-state index in [2.05, 4.69) is 23.1 Å². The van der Waals surface area contributed by atoms with Gasteiger partial charge in [-0.05, 0) is 30.9 Å². The normalized spacial score (nSPS) is 25.4. The van der Waals surface area contributed by atoms with Crippen LogP contribution in [0.5, 0.6) is 0 Å². The molecule has 0 unspecified atom stereocenters. The first-order chi connectivity index (χ1) is 11.3. The molecule has 23 heavy (non-hydrogen) atoms. The molecule has 0 aliphatic carbocycles. The molecule has 3 heterocycles. The predicted octanol–water partition coefficient (Wildman–Crippen LogP) is 3.43. The lowest BCUT2D eigenvalue weighted by molar-refractivity contribution is -0.130. The van der Waals surface area contributed by atoms with Crippen molar-refractivity contribution >= 4 is 39.5 Å². The van der Waals surface area contributed by atoms with Crippen LogP contribution in [-0.4, -0.2) is 46.2 Å². The summed E-state index contributed by atoms with van der Waals surface area (Å²) in [6.45, 7) is 2.45. The van der Waals surface area contributed by atoms with Gasteiger partial charge in [0.15, 0.2) is 0 Å². The molecule has 3 aliphatic heterocycles. The van der Waals surface area contributed by atoms with Crippen molar-refractivity contribution in [2.75, 3.05) is 19.8 Å². The zero-order valence-electron chi connectivity index (χ0n) is 12.9. The summed E-state index contributed by atoms with van der Waals surface area (Å²) in [5.41, 5.74) is 2.34. The van der Waals surface area contributed by atoms with Crippen LogP contribution in [0.2, 0.25) is 0 Å². The molecule has 0 bridgehead atoms. The molecule has 1 amide bonds. The van der Waals surface area contributed by atoms with Gasteiger partial charge in [-0.15, -0.1) is 0 Å². The summed E-state index contributed by atoms with van der Waals surface area (Å²) >= 11 is 3.41. The number of carbonyl (C=O) groups excluding carboxylic acids is 1. The number of amides is 1. The van der Waals surface area contributed by atoms with Gasteiger partial charge in [-0.2, -0.15) is 0 Å². The van der Waals surface area contributed by atoms with Gasteiger partial charge < -0.3 is 9.64 Å². The summed E-state index contributed by atoms with van der Waals surface area (Å²) in [5, 5.41) is 0.0364. The van der Waals surface area contributed by atoms with Crippen LogP contribution in [-0.2, 0) is 15.3 Å². The molecule has 0 spiro atoms. The molecular formula is C17H20N2O2S2. The van der Waals surface area contributed by atoms with E-state index >= 15 is 0 Å². The van der Waals surface area contributed by atoms with Gasteiger partial charge in [0.2, 0.25) is 5.91 Å². The lowest BCUT2D eigenvalue weighted by Crippen LogP contribution is -2.41. The molecule has 3 aliphatic rings. The molecule has 6 heteroatoms. The average molecular weight is 348 g/mol. The zero-order chi connectivity index (χ0) is 15.6. The van der Waals surface area contributed by atoms with Crippen LogP contribution in [0.15, 0.2) is 29.3 Å². The summed E-state index contributed by atoms with van der Waals surface area (Å²) in [6, 6.07) is 8.64. The second-order valence-electron chi connectivity index (χ2n) is 6.07. The molecule has 4 rings (SSSR count). The van der Waals surface area contributed by atoms with Crippen LogP contribution in [0.1, 0.15) is 24.8 Å². The molecule has 1 atom stereocenters. The molecule has 2 fully saturated rings. The number of para-hydroxylation sites is 1. The largest absolute Gasteiger partial charge is 0.381 e. The first kappa shape index (κ1) is 15.5. The maximum absolute atomic E-state index is 12.7. The molecule has 0 radical (unpaired) electrons. The summed E-state index contributed by atoms with van der Waals surface area (Å²) in [5.74, 6) is 1.25. The Hall–Kier alpha value is -0.980. The van der Waals surface area contributed by atoms with E-state index < -0.39 is 0 Å². The monoisotopic (exact) mass is 348 g/mol. The van der Waals surface area contributed by atoms with Crippen LogP contribution >= 0.6 is 23.5 Å². The van der Waals surface area contributed by atoms with Gasteiger partial charge in [0.25, 0.3) is 0 Å². The first-order valence-electron chi connectivity index (χ1n) is 8.15. The van der Waals surface area contributed by atoms with Crippen molar-refractivity contribution in [2.24, 2.45) is 4.99 Å². The highest BCUT2D eigenvalue weighted by molar-refractivity contribution is 8.39. The van der Waals surface area contributed by atoms with Crippen molar-refractivity contribution in [3.63, 3.8) is 0 Å². The van der Waals surface area contributed by atoms with Crippen molar-refractivity contribution in [1.29, 1.82) is 0 Å². The molecule has 1 aromatic rings. The van der Waals surface area contributed by atoms with E-state index in [1.165, 1.54) is 5.56 Å². The van der Waals surface area contributed by atoms with Crippen LogP contribution in [0.25, 0.3) is 0 Å². The van der Waals surface area contributed by atoms with Crippen molar-refractivity contribution in [1.82, 2.24) is 4.90 Å². The zero-order valence-corrected chi connectivity index (χ0v) is 14.6. The van der Waals surface area contributed by atoms with Gasteiger partial charge >= 0.3 is 0 Å². The lowest BCUT2D eigenvalue weighted by atomic mass is 10.1. The number of likely N-dealkylation sites (tertiary alicyclic amines) is 1. The van der Waals surface area contributed by atoms with Gasteiger partial charge in [-0.1, -0.05) is 41.7 Å². The van der Waals surface area contributed by atoms with Crippen LogP contribution < -0.4 is 0 Å². The highest BCUT2D eigenvalue weighted by Gasteiger charge is 2.37. The summed E-state index contributed by atoms with van der Waals surface area (Å²) in [7, 11) is 0. The molecule has 122 valence electrons. The maximum atomic E-state index is 12.7. The Balaban J connectivity index is 1.42. The standard InChI is InChI=1S/C17H20N2O2S2/c20-16-15(5-8-19(16)13-6-9-21-10-7-13)23-17-18-14-4-2-1-3-12(14)11-22-17/h1-4,13,15H,5-11H2/t15-/m1/s1. The third-order valence-electron chi connectivity index (χ3n) is 4.62. The Morgan fingerprint density at radius 3 is 2.91 bits per heavy atom. The summed E-state index contributed by atoms with van der Waals surface area (Å²) < 4.78 is 6.45. The van der Waals surface area contributed by atoms with E-state index in [1.54, 1.807) is 23.5 Å². The number of hydrogen-bond acceptors (Lipinski definition) is 5. The van der Waals surface area contributed by atoms with Crippen LogP contribution in [0.4, 0.5) is 5.69 Å². The molecule has 0 N–H and O–H groups in total. The van der Waals surface area contributed by atoms with Crippen LogP contribution in [0, 0.1) is 0 Å². The van der Waals surface area contributed by atoms with Gasteiger partial charge in [0.1, 0.15) is 4.38 Å². The van der Waals surface area contributed by atoms with E-state index in [9.17, 15) is 4.79 Å². The third kappa shape index (κ3) is 3.30. The number of hydrogen-bond donors (Lipinski definition) is 0. The smallest absolute Gasteiger partial charge is 0.236 e. The van der Waals surface area contributed by atoms with Crippen molar-refractivity contribution in [2.45, 2.75) is 36.3 Å². The number of rotatable bonds is 2. The summed E-state index contributed by atoms with van der Waals surface area (Å²) in [6.07, 6.45) is 2.89. The summed E-state index contributed by atoms with van der Waals surface area (Å²) in [4.78, 5) is 19.5. The second-order valence-corrected chi connectivity index (χ2v) is 8.48. The van der Waals surface area contributed by atoms with Gasteiger partial charge in [0, 0.05) is 31.6 Å². The van der Waals surface area contributed by atoms with Crippen molar-refractivity contribution in [3.8, 4) is 0 Å². The van der Waals surface area contributed by atoms with Crippen molar-refractivity contribution < 1.29 is 9.53 Å². The second kappa shape index (κ2) is 6.87. The quantitative estimate of drug-likeness (QED) is 0.821. The van der Waals surface area contributed by atoms with Crippen molar-refractivity contribution in [3.05, 3.63) is 29.8 Å². The lowest BCUT2D eigenvalue weighted by Gasteiger charge is -2.31. The Morgan fingerprint density at radius 1 is 1.22 bits per heavy atom. The molecule has 0 aromatic heterocycles. The SMILES string of the molecule is O=C1[C@H](SC2=Nc3ccccc3CS2)CCN1C1CCOCC1. The minimum atomic E-state index is 0.0364. The molecule has 1 aromatic carbocycles. The first-order valence-corrected chi connectivity index (χ1v) is 10.0.